The molecule has 0 spiro atoms. The monoisotopic (exact) mass is 594 g/mol. The van der Waals surface area contributed by atoms with Crippen LogP contribution in [-0.4, -0.2) is 112 Å². The molecule has 0 heterocycles. The van der Waals surface area contributed by atoms with E-state index in [1.54, 1.807) is 0 Å². The molecular weight excluding hydrogens is 575 g/mol. The Balaban J connectivity index is -0.0000000952. The fourth-order valence-electron chi connectivity index (χ4n) is 2.14. The molecule has 0 aromatic rings. The fourth-order valence-corrected chi connectivity index (χ4v) is 2.14. The molecule has 22 heteroatoms. The van der Waals surface area contributed by atoms with E-state index in [4.69, 9.17) is 15.3 Å². The summed E-state index contributed by atoms with van der Waals surface area (Å²) in [5.74, 6) is -11.5. The molecule has 0 amide bonds. The van der Waals surface area contributed by atoms with E-state index in [2.05, 4.69) is 0 Å². The first-order valence-electron chi connectivity index (χ1n) is 8.60. The second kappa shape index (κ2) is 29.7. The van der Waals surface area contributed by atoms with E-state index in [0.717, 1.165) is 9.80 Å². The average molecular weight is 594 g/mol. The molecule has 0 bridgehead atoms. The number of nitrogens with zero attached hydrogens (tertiary/aromatic N) is 2. The second-order valence-electron chi connectivity index (χ2n) is 6.37. The van der Waals surface area contributed by atoms with Gasteiger partial charge in [0.1, 0.15) is 5.60 Å². The van der Waals surface area contributed by atoms with Gasteiger partial charge in [-0.1, -0.05) is 0 Å². The number of aliphatic hydroxyl groups is 1. The standard InChI is InChI=1S/C10H16N2O8.C6H8O7.5Na/c13-7(14)3-11(4-8(15)16)1-2-12(5-9(17)18)6-10(19)20;7-3(8)1-6(13,5(11)12)2-4(9)10;;;;;/h1-6H2,(H,13,14)(H,15,16)(H,17,18)(H,19,20);13H,1-2H2,(H,7,8)(H,9,10)(H,11,12);;;;;/q;;5*+1/p-5. The van der Waals surface area contributed by atoms with E-state index in [9.17, 15) is 59.1 Å². The Morgan fingerprint density at radius 2 is 0.789 bits per heavy atom. The number of hydrogen-bond donors (Lipinski definition) is 3. The van der Waals surface area contributed by atoms with Crippen molar-refractivity contribution in [1.82, 2.24) is 9.80 Å². The average Bonchev–Trinajstić information content (AvgIpc) is 2.56. The van der Waals surface area contributed by atoms with Gasteiger partial charge in [0.05, 0.1) is 31.0 Å². The van der Waals surface area contributed by atoms with Crippen LogP contribution in [0.25, 0.3) is 0 Å². The number of carboxylic acids is 7. The van der Waals surface area contributed by atoms with Crippen molar-refractivity contribution in [2.45, 2.75) is 18.4 Å². The zero-order valence-corrected chi connectivity index (χ0v) is 31.8. The zero-order valence-electron chi connectivity index (χ0n) is 21.8. The van der Waals surface area contributed by atoms with Crippen LogP contribution < -0.4 is 173 Å². The number of hydrogen-bond acceptors (Lipinski definition) is 15. The Kier molecular flexibility index (Phi) is 43.0. The van der Waals surface area contributed by atoms with Crippen molar-refractivity contribution in [3.05, 3.63) is 0 Å². The minimum absolute atomic E-state index is 0. The minimum Gasteiger partial charge on any atom is -0.550 e. The summed E-state index contributed by atoms with van der Waals surface area (Å²) in [6.07, 6.45) is -2.72. The number of carboxylic acid groups (broad SMARTS) is 7. The zero-order chi connectivity index (χ0) is 26.4. The predicted molar refractivity (Wildman–Crippen MR) is 87.4 cm³/mol. The Bertz CT molecular complexity index is 688. The molecule has 38 heavy (non-hydrogen) atoms. The maximum absolute atomic E-state index is 10.5. The van der Waals surface area contributed by atoms with Crippen molar-refractivity contribution in [3.63, 3.8) is 0 Å². The molecule has 0 aliphatic heterocycles. The van der Waals surface area contributed by atoms with Crippen LogP contribution in [-0.2, 0) is 33.6 Å². The Labute approximate surface area is 326 Å². The smallest absolute Gasteiger partial charge is 0.550 e. The molecule has 0 radical (unpaired) electrons. The molecule has 17 nitrogen and oxygen atoms in total. The number of carbonyl (C=O) groups excluding carboxylic acids is 5. The Morgan fingerprint density at radius 3 is 0.947 bits per heavy atom. The number of carbonyl (C=O) groups is 7. The van der Waals surface area contributed by atoms with Gasteiger partial charge < -0.3 is 64.8 Å². The Hall–Kier alpha value is 1.17. The summed E-state index contributed by atoms with van der Waals surface area (Å²) < 4.78 is 0. The first-order chi connectivity index (χ1) is 15.0. The van der Waals surface area contributed by atoms with Crippen molar-refractivity contribution < 1.29 is 222 Å². The van der Waals surface area contributed by atoms with Crippen LogP contribution in [0.2, 0.25) is 0 Å². The topological polar surface area (TPSA) is 302 Å². The van der Waals surface area contributed by atoms with Crippen LogP contribution >= 0.6 is 0 Å². The molecule has 0 aromatic heterocycles. The van der Waals surface area contributed by atoms with Gasteiger partial charge in [-0.15, -0.1) is 0 Å². The quantitative estimate of drug-likeness (QED) is 0.140. The summed E-state index contributed by atoms with van der Waals surface area (Å²) in [4.78, 5) is 73.9. The largest absolute Gasteiger partial charge is 1.00 e. The molecule has 0 atom stereocenters. The number of aliphatic carboxylic acids is 7. The van der Waals surface area contributed by atoms with Gasteiger partial charge in [-0.05, 0) is 0 Å². The van der Waals surface area contributed by atoms with Crippen LogP contribution in [0.1, 0.15) is 12.8 Å². The molecule has 0 unspecified atom stereocenters. The van der Waals surface area contributed by atoms with Crippen molar-refractivity contribution in [2.24, 2.45) is 0 Å². The molecule has 0 rings (SSSR count). The van der Waals surface area contributed by atoms with Crippen LogP contribution in [0.5, 0.6) is 0 Å². The summed E-state index contributed by atoms with van der Waals surface area (Å²) in [6, 6.07) is 0. The van der Waals surface area contributed by atoms with Crippen molar-refractivity contribution in [3.8, 4) is 0 Å². The maximum Gasteiger partial charge on any atom is 1.00 e. The van der Waals surface area contributed by atoms with Crippen LogP contribution in [0, 0.1) is 0 Å². The van der Waals surface area contributed by atoms with Crippen LogP contribution in [0.15, 0.2) is 0 Å². The summed E-state index contributed by atoms with van der Waals surface area (Å²) in [5.41, 5.74) is -2.97. The molecule has 0 saturated carbocycles. The third kappa shape index (κ3) is 33.4. The second-order valence-corrected chi connectivity index (χ2v) is 6.37. The first kappa shape index (κ1) is 55.1. The third-order valence-corrected chi connectivity index (χ3v) is 3.41. The summed E-state index contributed by atoms with van der Waals surface area (Å²) >= 11 is 0. The maximum atomic E-state index is 10.5. The molecule has 3 N–H and O–H groups in total. The molecule has 0 aliphatic carbocycles. The first-order valence-corrected chi connectivity index (χ1v) is 8.60. The van der Waals surface area contributed by atoms with Gasteiger partial charge in [0.2, 0.25) is 0 Å². The van der Waals surface area contributed by atoms with Gasteiger partial charge in [0.15, 0.2) is 0 Å². The van der Waals surface area contributed by atoms with Gasteiger partial charge in [-0.3, -0.25) is 19.4 Å². The van der Waals surface area contributed by atoms with Crippen LogP contribution in [0.3, 0.4) is 0 Å². The van der Waals surface area contributed by atoms with E-state index in [0.29, 0.717) is 0 Å². The van der Waals surface area contributed by atoms with Crippen molar-refractivity contribution in [1.29, 1.82) is 0 Å². The summed E-state index contributed by atoms with van der Waals surface area (Å²) in [6.45, 7) is -2.75. The fraction of sp³-hybridized carbons (Fsp3) is 0.562. The third-order valence-electron chi connectivity index (χ3n) is 3.41. The van der Waals surface area contributed by atoms with E-state index in [1.807, 2.05) is 0 Å². The van der Waals surface area contributed by atoms with E-state index < -0.39 is 86.4 Å². The van der Waals surface area contributed by atoms with Crippen molar-refractivity contribution >= 4 is 41.8 Å². The summed E-state index contributed by atoms with van der Waals surface area (Å²) in [5, 5.41) is 77.0. The molecule has 188 valence electrons. The molecule has 0 aromatic carbocycles. The molecule has 0 saturated heterocycles. The van der Waals surface area contributed by atoms with E-state index in [-0.39, 0.29) is 161 Å². The van der Waals surface area contributed by atoms with Gasteiger partial charge in [-0.2, -0.15) is 0 Å². The van der Waals surface area contributed by atoms with Gasteiger partial charge in [-0.25, -0.2) is 0 Å². The minimum atomic E-state index is -2.97. The Morgan fingerprint density at radius 1 is 0.526 bits per heavy atom. The van der Waals surface area contributed by atoms with Crippen LogP contribution in [0.4, 0.5) is 0 Å². The molecule has 0 fully saturated rings. The van der Waals surface area contributed by atoms with E-state index in [1.165, 1.54) is 0 Å². The van der Waals surface area contributed by atoms with E-state index >= 15 is 0 Å². The molecular formula is C16H19N2Na5O15. The molecule has 0 aliphatic rings. The van der Waals surface area contributed by atoms with Gasteiger partial charge >= 0.3 is 160 Å². The number of rotatable bonds is 16. The van der Waals surface area contributed by atoms with Crippen molar-refractivity contribution in [2.75, 3.05) is 39.3 Å². The van der Waals surface area contributed by atoms with Gasteiger partial charge in [0.25, 0.3) is 0 Å². The normalized spacial score (nSPS) is 9.34. The van der Waals surface area contributed by atoms with Gasteiger partial charge in [0, 0.05) is 51.0 Å². The SMILES string of the molecule is O=C([O-])CC(O)(CC(=O)[O-])C(=O)[O-].O=C([O-])CN(CCN(CC(=O)[O-])CC(=O)O)CC(=O)O.[Na+].[Na+].[Na+].[Na+].[Na+]. The summed E-state index contributed by atoms with van der Waals surface area (Å²) in [7, 11) is 0. The predicted octanol–water partition coefficient (Wildman–Crippen LogP) is -25.0.